The summed E-state index contributed by atoms with van der Waals surface area (Å²) in [5, 5.41) is 4.08. The van der Waals surface area contributed by atoms with Gasteiger partial charge >= 0.3 is 0 Å². The second-order valence-corrected chi connectivity index (χ2v) is 5.90. The fourth-order valence-electron chi connectivity index (χ4n) is 1.64. The fourth-order valence-corrected chi connectivity index (χ4v) is 3.24. The van der Waals surface area contributed by atoms with Gasteiger partial charge in [0.15, 0.2) is 0 Å². The monoisotopic (exact) mass is 254 g/mol. The van der Waals surface area contributed by atoms with Crippen molar-refractivity contribution in [2.75, 3.05) is 11.1 Å². The largest absolute Gasteiger partial charge is 0.367 e. The highest BCUT2D eigenvalue weighted by molar-refractivity contribution is 7.12. The Morgan fingerprint density at radius 3 is 2.69 bits per heavy atom. The quantitative estimate of drug-likeness (QED) is 0.884. The standard InChI is InChI=1S/C10H14N4S2/c1-5-4-8(7(3)15-5)6(2)12-10-13-9(11)14-16-10/h4,6H,1-3H3,(H3,11,12,13,14). The Labute approximate surface area is 103 Å². The minimum absolute atomic E-state index is 0.234. The van der Waals surface area contributed by atoms with Crippen LogP contribution in [0.3, 0.4) is 0 Å². The van der Waals surface area contributed by atoms with E-state index in [-0.39, 0.29) is 6.04 Å². The predicted octanol–water partition coefficient (Wildman–Crippen LogP) is 2.97. The molecule has 1 unspecified atom stereocenters. The minimum Gasteiger partial charge on any atom is -0.367 e. The molecule has 0 aliphatic rings. The highest BCUT2D eigenvalue weighted by atomic mass is 32.1. The molecule has 0 aromatic carbocycles. The Morgan fingerprint density at radius 2 is 2.19 bits per heavy atom. The van der Waals surface area contributed by atoms with Crippen LogP contribution in [-0.4, -0.2) is 9.36 Å². The molecule has 16 heavy (non-hydrogen) atoms. The molecule has 0 aliphatic heterocycles. The molecule has 3 N–H and O–H groups in total. The molecule has 0 saturated carbocycles. The molecule has 1 atom stereocenters. The highest BCUT2D eigenvalue weighted by Crippen LogP contribution is 2.29. The molecule has 0 amide bonds. The summed E-state index contributed by atoms with van der Waals surface area (Å²) in [6.07, 6.45) is 0. The van der Waals surface area contributed by atoms with E-state index in [1.807, 2.05) is 11.3 Å². The summed E-state index contributed by atoms with van der Waals surface area (Å²) < 4.78 is 3.94. The summed E-state index contributed by atoms with van der Waals surface area (Å²) in [6, 6.07) is 2.44. The number of aryl methyl sites for hydroxylation is 2. The van der Waals surface area contributed by atoms with Crippen LogP contribution in [0, 0.1) is 13.8 Å². The van der Waals surface area contributed by atoms with Gasteiger partial charge in [-0.2, -0.15) is 9.36 Å². The Bertz CT molecular complexity index is 489. The lowest BCUT2D eigenvalue weighted by Gasteiger charge is -2.11. The van der Waals surface area contributed by atoms with Crippen LogP contribution in [0.25, 0.3) is 0 Å². The lowest BCUT2D eigenvalue weighted by molar-refractivity contribution is 0.879. The van der Waals surface area contributed by atoms with Crippen molar-refractivity contribution < 1.29 is 0 Å². The van der Waals surface area contributed by atoms with Gasteiger partial charge in [-0.15, -0.1) is 11.3 Å². The van der Waals surface area contributed by atoms with Crippen molar-refractivity contribution in [3.8, 4) is 0 Å². The number of thiophene rings is 1. The van der Waals surface area contributed by atoms with Crippen LogP contribution < -0.4 is 11.1 Å². The molecule has 86 valence electrons. The Hall–Kier alpha value is -1.14. The first kappa shape index (κ1) is 11.3. The van der Waals surface area contributed by atoms with Crippen LogP contribution in [0.1, 0.15) is 28.3 Å². The number of nitrogens with one attached hydrogen (secondary N) is 1. The third kappa shape index (κ3) is 2.33. The fraction of sp³-hybridized carbons (Fsp3) is 0.400. The molecule has 0 saturated heterocycles. The first-order valence-electron chi connectivity index (χ1n) is 4.99. The van der Waals surface area contributed by atoms with E-state index in [4.69, 9.17) is 5.73 Å². The SMILES string of the molecule is Cc1cc(C(C)Nc2nc(N)ns2)c(C)s1. The molecule has 6 heteroatoms. The van der Waals surface area contributed by atoms with Crippen LogP contribution in [0.5, 0.6) is 0 Å². The average Bonchev–Trinajstić information content (AvgIpc) is 2.73. The predicted molar refractivity (Wildman–Crippen MR) is 70.2 cm³/mol. The number of nitrogens with zero attached hydrogens (tertiary/aromatic N) is 2. The average molecular weight is 254 g/mol. The summed E-state index contributed by atoms with van der Waals surface area (Å²) in [7, 11) is 0. The smallest absolute Gasteiger partial charge is 0.233 e. The third-order valence-electron chi connectivity index (χ3n) is 2.33. The van der Waals surface area contributed by atoms with Crippen LogP contribution in [0.15, 0.2) is 6.07 Å². The van der Waals surface area contributed by atoms with Crippen molar-refractivity contribution in [1.29, 1.82) is 0 Å². The van der Waals surface area contributed by atoms with Crippen molar-refractivity contribution in [3.05, 3.63) is 21.4 Å². The van der Waals surface area contributed by atoms with Crippen LogP contribution >= 0.6 is 22.9 Å². The number of hydrogen-bond donors (Lipinski definition) is 2. The zero-order valence-electron chi connectivity index (χ0n) is 9.44. The maximum Gasteiger partial charge on any atom is 0.233 e. The van der Waals surface area contributed by atoms with Gasteiger partial charge in [-0.05, 0) is 32.4 Å². The Morgan fingerprint density at radius 1 is 1.44 bits per heavy atom. The van der Waals surface area contributed by atoms with Crippen LogP contribution in [0.4, 0.5) is 11.1 Å². The second-order valence-electron chi connectivity index (χ2n) is 3.69. The summed E-state index contributed by atoms with van der Waals surface area (Å²) >= 11 is 3.11. The van der Waals surface area contributed by atoms with E-state index in [0.29, 0.717) is 5.95 Å². The van der Waals surface area contributed by atoms with E-state index in [1.165, 1.54) is 26.9 Å². The zero-order chi connectivity index (χ0) is 11.7. The first-order valence-corrected chi connectivity index (χ1v) is 6.58. The van der Waals surface area contributed by atoms with Gasteiger partial charge in [0, 0.05) is 21.3 Å². The maximum atomic E-state index is 5.48. The molecule has 0 fully saturated rings. The van der Waals surface area contributed by atoms with Gasteiger partial charge in [0.2, 0.25) is 11.1 Å². The van der Waals surface area contributed by atoms with Gasteiger partial charge < -0.3 is 11.1 Å². The molecular weight excluding hydrogens is 240 g/mol. The molecule has 2 aromatic rings. The van der Waals surface area contributed by atoms with E-state index in [0.717, 1.165) is 5.13 Å². The number of nitrogen functional groups attached to an aromatic ring is 1. The molecule has 0 bridgehead atoms. The van der Waals surface area contributed by atoms with Gasteiger partial charge in [-0.25, -0.2) is 0 Å². The molecule has 0 aliphatic carbocycles. The van der Waals surface area contributed by atoms with E-state index < -0.39 is 0 Å². The van der Waals surface area contributed by atoms with E-state index in [2.05, 4.69) is 41.5 Å². The lowest BCUT2D eigenvalue weighted by atomic mass is 10.1. The topological polar surface area (TPSA) is 63.8 Å². The number of anilines is 2. The lowest BCUT2D eigenvalue weighted by Crippen LogP contribution is -2.06. The van der Waals surface area contributed by atoms with Crippen LogP contribution in [-0.2, 0) is 0 Å². The normalized spacial score (nSPS) is 12.7. The van der Waals surface area contributed by atoms with Crippen molar-refractivity contribution in [3.63, 3.8) is 0 Å². The summed E-state index contributed by atoms with van der Waals surface area (Å²) in [6.45, 7) is 6.38. The molecular formula is C10H14N4S2. The van der Waals surface area contributed by atoms with E-state index in [1.54, 1.807) is 0 Å². The Kier molecular flexibility index (Phi) is 3.11. The van der Waals surface area contributed by atoms with Crippen molar-refractivity contribution in [1.82, 2.24) is 9.36 Å². The molecule has 2 heterocycles. The number of nitrogens with two attached hydrogens (primary N) is 1. The van der Waals surface area contributed by atoms with Gasteiger partial charge in [0.1, 0.15) is 0 Å². The summed E-state index contributed by atoms with van der Waals surface area (Å²) in [5.41, 5.74) is 6.79. The summed E-state index contributed by atoms with van der Waals surface area (Å²) in [5.74, 6) is 0.331. The second kappa shape index (κ2) is 4.39. The highest BCUT2D eigenvalue weighted by Gasteiger charge is 2.12. The van der Waals surface area contributed by atoms with Gasteiger partial charge in [-0.3, -0.25) is 0 Å². The van der Waals surface area contributed by atoms with Crippen molar-refractivity contribution in [2.45, 2.75) is 26.8 Å². The van der Waals surface area contributed by atoms with E-state index >= 15 is 0 Å². The first-order chi connectivity index (χ1) is 7.56. The number of aromatic nitrogens is 2. The summed E-state index contributed by atoms with van der Waals surface area (Å²) in [4.78, 5) is 6.76. The molecule has 4 nitrogen and oxygen atoms in total. The minimum atomic E-state index is 0.234. The van der Waals surface area contributed by atoms with Crippen molar-refractivity contribution in [2.24, 2.45) is 0 Å². The molecule has 0 radical (unpaired) electrons. The van der Waals surface area contributed by atoms with Gasteiger partial charge in [0.05, 0.1) is 6.04 Å². The third-order valence-corrected chi connectivity index (χ3v) is 3.97. The molecule has 2 rings (SSSR count). The molecule has 0 spiro atoms. The number of hydrogen-bond acceptors (Lipinski definition) is 6. The maximum absolute atomic E-state index is 5.48. The number of rotatable bonds is 3. The Balaban J connectivity index is 2.14. The van der Waals surface area contributed by atoms with Crippen LogP contribution in [0.2, 0.25) is 0 Å². The van der Waals surface area contributed by atoms with Gasteiger partial charge in [0.25, 0.3) is 0 Å². The molecule has 2 aromatic heterocycles. The zero-order valence-corrected chi connectivity index (χ0v) is 11.1. The van der Waals surface area contributed by atoms with E-state index in [9.17, 15) is 0 Å². The van der Waals surface area contributed by atoms with Gasteiger partial charge in [-0.1, -0.05) is 0 Å². The van der Waals surface area contributed by atoms with Crippen molar-refractivity contribution >= 4 is 33.9 Å².